The van der Waals surface area contributed by atoms with Gasteiger partial charge in [-0.05, 0) is 109 Å². The molecule has 0 radical (unpaired) electrons. The molecular weight excluding hydrogens is 1070 g/mol. The van der Waals surface area contributed by atoms with E-state index in [9.17, 15) is 33.6 Å². The molecule has 1 aliphatic carbocycles. The summed E-state index contributed by atoms with van der Waals surface area (Å²) in [6, 6.07) is 15.5. The van der Waals surface area contributed by atoms with Crippen LogP contribution in [0.2, 0.25) is 0 Å². The van der Waals surface area contributed by atoms with E-state index in [1.165, 1.54) is 86.5 Å². The van der Waals surface area contributed by atoms with E-state index in [4.69, 9.17) is 33.2 Å². The van der Waals surface area contributed by atoms with Crippen molar-refractivity contribution in [2.75, 3.05) is 79.1 Å². The summed E-state index contributed by atoms with van der Waals surface area (Å²) in [5.41, 5.74) is 3.57. The fourth-order valence-corrected chi connectivity index (χ4v) is 9.72. The number of amides is 4. The van der Waals surface area contributed by atoms with Gasteiger partial charge in [0.1, 0.15) is 37.1 Å². The number of ether oxygens (including phenoxy) is 7. The van der Waals surface area contributed by atoms with Crippen LogP contribution in [0.5, 0.6) is 0 Å². The van der Waals surface area contributed by atoms with Crippen LogP contribution in [0.3, 0.4) is 0 Å². The number of fused-ring (bicyclic) bond motifs is 3. The normalized spacial score (nSPS) is 12.5. The minimum Gasteiger partial charge on any atom is -0.460 e. The highest BCUT2D eigenvalue weighted by Crippen LogP contribution is 2.44. The Bertz CT molecular complexity index is 2150. The van der Waals surface area contributed by atoms with Crippen LogP contribution in [0.25, 0.3) is 11.1 Å². The van der Waals surface area contributed by atoms with Crippen LogP contribution in [0.4, 0.5) is 4.79 Å². The second-order valence-electron chi connectivity index (χ2n) is 23.9. The molecule has 1 atom stereocenters. The van der Waals surface area contributed by atoms with E-state index < -0.39 is 29.3 Å². The lowest BCUT2D eigenvalue weighted by Crippen LogP contribution is -2.44. The van der Waals surface area contributed by atoms with E-state index >= 15 is 0 Å². The molecule has 1 aliphatic rings. The number of hydrogen-bond donors (Lipinski definition) is 4. The van der Waals surface area contributed by atoms with Crippen LogP contribution in [0.1, 0.15) is 219 Å². The molecule has 0 fully saturated rings. The van der Waals surface area contributed by atoms with Crippen LogP contribution in [0.15, 0.2) is 48.5 Å². The first kappa shape index (κ1) is 72.8. The van der Waals surface area contributed by atoms with Crippen LogP contribution < -0.4 is 21.3 Å². The fourth-order valence-electron chi connectivity index (χ4n) is 9.72. The molecule has 0 aromatic heterocycles. The zero-order valence-electron chi connectivity index (χ0n) is 52.2. The molecule has 0 unspecified atom stereocenters. The minimum atomic E-state index is -0.933. The van der Waals surface area contributed by atoms with Gasteiger partial charge in [0.2, 0.25) is 17.7 Å². The number of rotatable bonds is 49. The van der Waals surface area contributed by atoms with Gasteiger partial charge in [-0.25, -0.2) is 9.59 Å². The maximum Gasteiger partial charge on any atom is 0.407 e. The average Bonchev–Trinajstić information content (AvgIpc) is 3.84. The van der Waals surface area contributed by atoms with Gasteiger partial charge in [0, 0.05) is 57.8 Å². The standard InChI is InChI=1S/C66H106N4O14/c1-65(2,3)83-62(75)37-23-20-18-16-14-12-10-8-7-9-11-13-15-17-19-22-36-60(73)70-58(63(76)84-66(4,5)6)38-39-59(72)68-42-44-79-46-47-80-49-52(71)31-30-43-78-45-48-81-51-61(74)67-40-28-21-29-41-69-64(77)82-50-57-55-34-26-24-32-53(55)54-33-25-27-35-56(54)57/h24-27,32-35,57-58H,7-23,28-31,36-51H2,1-6H3,(H,67,74)(H,68,72)(H,69,77)(H,70,73)/t58-/m1/s1. The highest BCUT2D eigenvalue weighted by Gasteiger charge is 2.30. The SMILES string of the molecule is CC(C)(C)OC(=O)CCCCCCCCCCCCCCCCCCC(=O)N[C@H](CCC(=O)NCCOCCOCC(=O)CCCOCCOCC(=O)NCCCCCNC(=O)OCC1c2ccccc2-c2ccccc21)C(=O)OC(C)(C)C. The molecule has 0 saturated carbocycles. The number of alkyl carbamates (subject to hydrolysis) is 1. The Hall–Kier alpha value is -5.43. The Balaban J connectivity index is 1.06. The summed E-state index contributed by atoms with van der Waals surface area (Å²) in [5.74, 6) is -1.42. The molecule has 4 N–H and O–H groups in total. The number of carbonyl (C=O) groups is 7. The van der Waals surface area contributed by atoms with Gasteiger partial charge in [-0.15, -0.1) is 0 Å². The number of carbonyl (C=O) groups excluding carboxylic acids is 7. The Morgan fingerprint density at radius 3 is 1.49 bits per heavy atom. The molecule has 4 amide bonds. The Labute approximate surface area is 502 Å². The van der Waals surface area contributed by atoms with Crippen molar-refractivity contribution in [3.63, 3.8) is 0 Å². The third-order valence-corrected chi connectivity index (χ3v) is 14.0. The predicted molar refractivity (Wildman–Crippen MR) is 326 cm³/mol. The molecule has 0 heterocycles. The van der Waals surface area contributed by atoms with Crippen LogP contribution in [0, 0.1) is 0 Å². The molecule has 0 aliphatic heterocycles. The summed E-state index contributed by atoms with van der Waals surface area (Å²) in [7, 11) is 0. The molecule has 474 valence electrons. The highest BCUT2D eigenvalue weighted by molar-refractivity contribution is 5.85. The first-order chi connectivity index (χ1) is 40.4. The molecular formula is C66H106N4O14. The Morgan fingerprint density at radius 2 is 0.917 bits per heavy atom. The summed E-state index contributed by atoms with van der Waals surface area (Å²) in [5, 5.41) is 11.2. The summed E-state index contributed by atoms with van der Waals surface area (Å²) < 4.78 is 38.4. The molecule has 84 heavy (non-hydrogen) atoms. The van der Waals surface area contributed by atoms with Crippen molar-refractivity contribution in [2.45, 2.75) is 225 Å². The van der Waals surface area contributed by atoms with Crippen molar-refractivity contribution in [1.82, 2.24) is 21.3 Å². The second kappa shape index (κ2) is 44.1. The summed E-state index contributed by atoms with van der Waals surface area (Å²) >= 11 is 0. The van der Waals surface area contributed by atoms with E-state index in [0.717, 1.165) is 57.8 Å². The zero-order valence-corrected chi connectivity index (χ0v) is 52.2. The van der Waals surface area contributed by atoms with E-state index in [1.54, 1.807) is 20.8 Å². The van der Waals surface area contributed by atoms with Crippen molar-refractivity contribution in [3.8, 4) is 11.1 Å². The number of Topliss-reactive ketones (excluding diaryl/α,β-unsaturated/α-hetero) is 1. The number of ketones is 1. The Morgan fingerprint density at radius 1 is 0.440 bits per heavy atom. The minimum absolute atomic E-state index is 0.0180. The van der Waals surface area contributed by atoms with Crippen LogP contribution >= 0.6 is 0 Å². The van der Waals surface area contributed by atoms with Gasteiger partial charge in [0.05, 0.1) is 33.0 Å². The second-order valence-corrected chi connectivity index (χ2v) is 23.9. The molecule has 0 bridgehead atoms. The zero-order chi connectivity index (χ0) is 61.1. The lowest BCUT2D eigenvalue weighted by atomic mass is 9.98. The van der Waals surface area contributed by atoms with Gasteiger partial charge >= 0.3 is 18.0 Å². The highest BCUT2D eigenvalue weighted by atomic mass is 16.6. The molecule has 0 spiro atoms. The third kappa shape index (κ3) is 36.4. The van der Waals surface area contributed by atoms with Gasteiger partial charge in [-0.3, -0.25) is 24.0 Å². The van der Waals surface area contributed by atoms with Crippen molar-refractivity contribution >= 4 is 41.5 Å². The summed E-state index contributed by atoms with van der Waals surface area (Å²) in [4.78, 5) is 87.0. The first-order valence-electron chi connectivity index (χ1n) is 31.6. The van der Waals surface area contributed by atoms with E-state index in [2.05, 4.69) is 45.5 Å². The van der Waals surface area contributed by atoms with Crippen LogP contribution in [-0.4, -0.2) is 138 Å². The van der Waals surface area contributed by atoms with Gasteiger partial charge in [-0.1, -0.05) is 138 Å². The lowest BCUT2D eigenvalue weighted by molar-refractivity contribution is -0.159. The van der Waals surface area contributed by atoms with Crippen molar-refractivity contribution in [1.29, 1.82) is 0 Å². The maximum atomic E-state index is 13.0. The van der Waals surface area contributed by atoms with E-state index in [1.807, 2.05) is 45.0 Å². The van der Waals surface area contributed by atoms with Crippen molar-refractivity contribution < 1.29 is 66.7 Å². The molecule has 2 aromatic carbocycles. The quantitative estimate of drug-likeness (QED) is 0.0274. The van der Waals surface area contributed by atoms with Gasteiger partial charge < -0.3 is 54.4 Å². The molecule has 18 nitrogen and oxygen atoms in total. The van der Waals surface area contributed by atoms with Crippen LogP contribution in [-0.2, 0) is 61.9 Å². The first-order valence-corrected chi connectivity index (χ1v) is 31.6. The topological polar surface area (TPSA) is 232 Å². The van der Waals surface area contributed by atoms with E-state index in [-0.39, 0.29) is 101 Å². The molecule has 2 aromatic rings. The predicted octanol–water partition coefficient (Wildman–Crippen LogP) is 11.3. The number of benzene rings is 2. The lowest BCUT2D eigenvalue weighted by Gasteiger charge is -2.24. The van der Waals surface area contributed by atoms with Gasteiger partial charge in [0.25, 0.3) is 0 Å². The number of hydrogen-bond acceptors (Lipinski definition) is 14. The summed E-state index contributed by atoms with van der Waals surface area (Å²) in [6.45, 7) is 14.0. The Kier molecular flexibility index (Phi) is 38.2. The smallest absolute Gasteiger partial charge is 0.407 e. The number of unbranched alkanes of at least 4 members (excludes halogenated alkanes) is 17. The van der Waals surface area contributed by atoms with E-state index in [0.29, 0.717) is 52.0 Å². The maximum absolute atomic E-state index is 13.0. The number of nitrogens with one attached hydrogen (secondary N) is 4. The monoisotopic (exact) mass is 1180 g/mol. The van der Waals surface area contributed by atoms with Crippen molar-refractivity contribution in [3.05, 3.63) is 59.7 Å². The van der Waals surface area contributed by atoms with Crippen molar-refractivity contribution in [2.24, 2.45) is 0 Å². The van der Waals surface area contributed by atoms with Gasteiger partial charge in [0.15, 0.2) is 5.78 Å². The molecule has 18 heteroatoms. The van der Waals surface area contributed by atoms with Gasteiger partial charge in [-0.2, -0.15) is 0 Å². The molecule has 3 rings (SSSR count). The number of esters is 2. The fraction of sp³-hybridized carbons (Fsp3) is 0.712. The molecule has 0 saturated heterocycles. The summed E-state index contributed by atoms with van der Waals surface area (Å²) in [6.07, 6.45) is 22.1. The largest absolute Gasteiger partial charge is 0.460 e. The third-order valence-electron chi connectivity index (χ3n) is 14.0. The average molecular weight is 1180 g/mol.